The second kappa shape index (κ2) is 11.7. The van der Waals surface area contributed by atoms with Crippen LogP contribution in [0.1, 0.15) is 30.1 Å². The van der Waals surface area contributed by atoms with E-state index in [9.17, 15) is 9.59 Å². The van der Waals surface area contributed by atoms with Crippen LogP contribution in [-0.2, 0) is 24.3 Å². The number of unbranched alkanes of at least 4 members (excludes halogenated alkanes) is 1. The van der Waals surface area contributed by atoms with Gasteiger partial charge in [0.25, 0.3) is 0 Å². The zero-order valence-electron chi connectivity index (χ0n) is 15.1. The summed E-state index contributed by atoms with van der Waals surface area (Å²) in [5, 5.41) is 4.16. The molecule has 0 radical (unpaired) electrons. The molecule has 0 saturated heterocycles. The van der Waals surface area contributed by atoms with Gasteiger partial charge in [-0.15, -0.1) is 0 Å². The summed E-state index contributed by atoms with van der Waals surface area (Å²) in [7, 11) is 0. The fourth-order valence-corrected chi connectivity index (χ4v) is 2.11. The van der Waals surface area contributed by atoms with Crippen LogP contribution in [0, 0.1) is 0 Å². The molecule has 7 nitrogen and oxygen atoms in total. The van der Waals surface area contributed by atoms with E-state index in [0.29, 0.717) is 6.61 Å². The van der Waals surface area contributed by atoms with Crippen LogP contribution in [0.4, 0.5) is 4.79 Å². The maximum absolute atomic E-state index is 11.8. The minimum atomic E-state index is -1.12. The van der Waals surface area contributed by atoms with Gasteiger partial charge in [-0.3, -0.25) is 4.89 Å². The quantitative estimate of drug-likeness (QED) is 0.265. The van der Waals surface area contributed by atoms with Crippen molar-refractivity contribution in [1.29, 1.82) is 0 Å². The van der Waals surface area contributed by atoms with Crippen molar-refractivity contribution in [3.8, 4) is 11.1 Å². The Labute approximate surface area is 157 Å². The molecule has 27 heavy (non-hydrogen) atoms. The fourth-order valence-electron chi connectivity index (χ4n) is 2.11. The van der Waals surface area contributed by atoms with Crippen LogP contribution in [0.2, 0.25) is 0 Å². The van der Waals surface area contributed by atoms with E-state index in [2.05, 4.69) is 19.6 Å². The molecule has 0 aliphatic heterocycles. The summed E-state index contributed by atoms with van der Waals surface area (Å²) in [5.41, 5.74) is 2.23. The highest BCUT2D eigenvalue weighted by Gasteiger charge is 2.12. The number of hydrogen-bond donors (Lipinski definition) is 0. The number of hydrogen-bond acceptors (Lipinski definition) is 7. The summed E-state index contributed by atoms with van der Waals surface area (Å²) < 4.78 is 9.88. The van der Waals surface area contributed by atoms with E-state index < -0.39 is 12.1 Å². The molecule has 2 rings (SSSR count). The highest BCUT2D eigenvalue weighted by molar-refractivity contribution is 5.89. The van der Waals surface area contributed by atoms with Crippen LogP contribution in [0.3, 0.4) is 0 Å². The molecule has 0 N–H and O–H groups in total. The molecular weight excluding hydrogens is 352 g/mol. The van der Waals surface area contributed by atoms with E-state index in [1.807, 2.05) is 37.3 Å². The van der Waals surface area contributed by atoms with E-state index in [-0.39, 0.29) is 18.8 Å². The summed E-state index contributed by atoms with van der Waals surface area (Å²) in [4.78, 5) is 31.7. The predicted octanol–water partition coefficient (Wildman–Crippen LogP) is 4.33. The Morgan fingerprint density at radius 2 is 1.52 bits per heavy atom. The van der Waals surface area contributed by atoms with Crippen LogP contribution >= 0.6 is 0 Å². The molecule has 2 aromatic rings. The monoisotopic (exact) mass is 374 g/mol. The summed E-state index contributed by atoms with van der Waals surface area (Å²) >= 11 is 0. The van der Waals surface area contributed by atoms with Gasteiger partial charge in [-0.25, -0.2) is 14.5 Å². The molecule has 0 aliphatic rings. The van der Waals surface area contributed by atoms with Gasteiger partial charge in [0.05, 0.1) is 17.2 Å². The third-order valence-electron chi connectivity index (χ3n) is 3.53. The van der Waals surface area contributed by atoms with Gasteiger partial charge in [0.1, 0.15) is 6.61 Å². The van der Waals surface area contributed by atoms with Crippen molar-refractivity contribution in [3.05, 3.63) is 60.2 Å². The second-order valence-corrected chi connectivity index (χ2v) is 5.53. The Hall–Kier alpha value is -2.90. The SMILES string of the molecule is CCCCOCCOC(=O)OOOC(=O)c1ccc(-c2ccccc2)cc1. The largest absolute Gasteiger partial charge is 0.543 e. The van der Waals surface area contributed by atoms with Gasteiger partial charge in [-0.05, 0) is 29.7 Å². The zero-order chi connectivity index (χ0) is 19.3. The van der Waals surface area contributed by atoms with Gasteiger partial charge in [0, 0.05) is 6.61 Å². The molecule has 0 aromatic heterocycles. The van der Waals surface area contributed by atoms with Crippen LogP contribution in [0.5, 0.6) is 0 Å². The van der Waals surface area contributed by atoms with E-state index in [1.54, 1.807) is 24.3 Å². The van der Waals surface area contributed by atoms with Crippen molar-refractivity contribution >= 4 is 12.1 Å². The third-order valence-corrected chi connectivity index (χ3v) is 3.53. The molecule has 0 bridgehead atoms. The lowest BCUT2D eigenvalue weighted by molar-refractivity contribution is -0.452. The summed E-state index contributed by atoms with van der Waals surface area (Å²) in [6.07, 6.45) is 0.841. The normalized spacial score (nSPS) is 10.3. The highest BCUT2D eigenvalue weighted by Crippen LogP contribution is 2.19. The van der Waals surface area contributed by atoms with E-state index >= 15 is 0 Å². The van der Waals surface area contributed by atoms with Gasteiger partial charge >= 0.3 is 12.1 Å². The molecule has 0 spiro atoms. The fraction of sp³-hybridized carbons (Fsp3) is 0.300. The number of rotatable bonds is 10. The van der Waals surface area contributed by atoms with Crippen LogP contribution < -0.4 is 0 Å². The van der Waals surface area contributed by atoms with Crippen molar-refractivity contribution in [2.45, 2.75) is 19.8 Å². The van der Waals surface area contributed by atoms with Gasteiger partial charge in [-0.1, -0.05) is 55.8 Å². The van der Waals surface area contributed by atoms with Gasteiger partial charge in [-0.2, -0.15) is 0 Å². The minimum absolute atomic E-state index is 0.0147. The van der Waals surface area contributed by atoms with Crippen molar-refractivity contribution in [1.82, 2.24) is 0 Å². The predicted molar refractivity (Wildman–Crippen MR) is 96.5 cm³/mol. The maximum Gasteiger partial charge on any atom is 0.543 e. The van der Waals surface area contributed by atoms with Gasteiger partial charge in [0.2, 0.25) is 0 Å². The Morgan fingerprint density at radius 3 is 2.22 bits per heavy atom. The first-order chi connectivity index (χ1) is 13.2. The van der Waals surface area contributed by atoms with Crippen LogP contribution in [-0.4, -0.2) is 31.9 Å². The van der Waals surface area contributed by atoms with Crippen LogP contribution in [0.25, 0.3) is 11.1 Å². The molecular formula is C20H22O7. The van der Waals surface area contributed by atoms with Gasteiger partial charge in [0.15, 0.2) is 0 Å². The molecule has 144 valence electrons. The molecule has 7 heteroatoms. The number of carbonyl (C=O) groups excluding carboxylic acids is 2. The van der Waals surface area contributed by atoms with Crippen molar-refractivity contribution < 1.29 is 33.9 Å². The first-order valence-corrected chi connectivity index (χ1v) is 8.66. The highest BCUT2D eigenvalue weighted by atomic mass is 17.5. The topological polar surface area (TPSA) is 80.3 Å². The molecule has 0 aliphatic carbocycles. The average Bonchev–Trinajstić information content (AvgIpc) is 2.71. The molecule has 0 heterocycles. The zero-order valence-corrected chi connectivity index (χ0v) is 15.1. The molecule has 0 amide bonds. The first-order valence-electron chi connectivity index (χ1n) is 8.66. The van der Waals surface area contributed by atoms with Crippen LogP contribution in [0.15, 0.2) is 54.6 Å². The summed E-state index contributed by atoms with van der Waals surface area (Å²) in [6, 6.07) is 16.4. The Balaban J connectivity index is 1.66. The molecule has 0 atom stereocenters. The van der Waals surface area contributed by atoms with E-state index in [4.69, 9.17) is 4.74 Å². The second-order valence-electron chi connectivity index (χ2n) is 5.53. The van der Waals surface area contributed by atoms with Crippen molar-refractivity contribution in [2.24, 2.45) is 0 Å². The minimum Gasteiger partial charge on any atom is -0.430 e. The molecule has 0 saturated carbocycles. The Morgan fingerprint density at radius 1 is 0.815 bits per heavy atom. The lowest BCUT2D eigenvalue weighted by Crippen LogP contribution is -2.14. The molecule has 0 unspecified atom stereocenters. The lowest BCUT2D eigenvalue weighted by atomic mass is 10.0. The van der Waals surface area contributed by atoms with Gasteiger partial charge < -0.3 is 9.47 Å². The standard InChI is InChI=1S/C20H22O7/c1-2-3-13-23-14-15-24-20(22)26-27-25-19(21)18-11-9-17(10-12-18)16-7-5-4-6-8-16/h4-12H,2-3,13-15H2,1H3. The number of benzene rings is 2. The third kappa shape index (κ3) is 7.47. The molecule has 2 aromatic carbocycles. The Kier molecular flexibility index (Phi) is 8.82. The van der Waals surface area contributed by atoms with Crippen molar-refractivity contribution in [3.63, 3.8) is 0 Å². The smallest absolute Gasteiger partial charge is 0.430 e. The number of ether oxygens (including phenoxy) is 2. The summed E-state index contributed by atoms with van der Waals surface area (Å²) in [5.74, 6) is -0.801. The number of carbonyl (C=O) groups is 2. The molecule has 0 fully saturated rings. The van der Waals surface area contributed by atoms with Crippen molar-refractivity contribution in [2.75, 3.05) is 19.8 Å². The Bertz CT molecular complexity index is 698. The lowest BCUT2D eigenvalue weighted by Gasteiger charge is -2.05. The summed E-state index contributed by atoms with van der Waals surface area (Å²) in [6.45, 7) is 2.92. The average molecular weight is 374 g/mol. The van der Waals surface area contributed by atoms with E-state index in [0.717, 1.165) is 24.0 Å². The maximum atomic E-state index is 11.8. The first kappa shape index (κ1) is 20.4. The van der Waals surface area contributed by atoms with E-state index in [1.165, 1.54) is 0 Å².